The lowest BCUT2D eigenvalue weighted by Crippen LogP contribution is -2.36. The number of rotatable bonds is 10. The smallest absolute Gasteiger partial charge is 0.305 e. The summed E-state index contributed by atoms with van der Waals surface area (Å²) < 4.78 is 28.6. The maximum atomic E-state index is 11.7. The normalized spacial score (nSPS) is 35.0. The van der Waals surface area contributed by atoms with E-state index in [1.54, 1.807) is 0 Å². The van der Waals surface area contributed by atoms with Gasteiger partial charge < -0.3 is 28.5 Å². The van der Waals surface area contributed by atoms with Crippen LogP contribution in [0.15, 0.2) is 0 Å². The number of carbonyl (C=O) groups is 2. The zero-order valence-corrected chi connectivity index (χ0v) is 15.5. The van der Waals surface area contributed by atoms with E-state index in [0.717, 1.165) is 19.1 Å². The largest absolute Gasteiger partial charge is 0.466 e. The van der Waals surface area contributed by atoms with Crippen molar-refractivity contribution in [2.75, 3.05) is 19.8 Å². The molecule has 7 heteroatoms. The summed E-state index contributed by atoms with van der Waals surface area (Å²) >= 11 is 0. The third-order valence-electron chi connectivity index (χ3n) is 4.58. The van der Waals surface area contributed by atoms with Crippen molar-refractivity contribution < 1.29 is 33.3 Å². The predicted octanol–water partition coefficient (Wildman–Crippen LogP) is 2.35. The molecule has 0 aliphatic carbocycles. The molecule has 0 aromatic heterocycles. The summed E-state index contributed by atoms with van der Waals surface area (Å²) in [5.74, 6) is -1.80. The highest BCUT2D eigenvalue weighted by Crippen LogP contribution is 2.35. The van der Waals surface area contributed by atoms with Crippen LogP contribution >= 0.6 is 0 Å². The molecule has 2 fully saturated rings. The van der Waals surface area contributed by atoms with E-state index >= 15 is 0 Å². The summed E-state index contributed by atoms with van der Waals surface area (Å²) in [6.07, 6.45) is 3.83. The van der Waals surface area contributed by atoms with Gasteiger partial charge >= 0.3 is 5.97 Å². The van der Waals surface area contributed by atoms with Crippen molar-refractivity contribution in [1.82, 2.24) is 0 Å². The minimum Gasteiger partial charge on any atom is -0.466 e. The van der Waals surface area contributed by atoms with Gasteiger partial charge in [0.25, 0.3) is 0 Å². The van der Waals surface area contributed by atoms with Crippen molar-refractivity contribution in [2.45, 2.75) is 83.1 Å². The number of unbranched alkanes of at least 4 members (excludes halogenated alkanes) is 1. The second-order valence-corrected chi connectivity index (χ2v) is 6.98. The monoisotopic (exact) mass is 358 g/mol. The lowest BCUT2D eigenvalue weighted by Gasteiger charge is -2.26. The Bertz CT molecular complexity index is 455. The second kappa shape index (κ2) is 9.07. The molecule has 4 unspecified atom stereocenters. The van der Waals surface area contributed by atoms with Crippen LogP contribution in [-0.2, 0) is 33.3 Å². The molecule has 144 valence electrons. The Morgan fingerprint density at radius 1 is 1.12 bits per heavy atom. The first-order valence-corrected chi connectivity index (χ1v) is 9.12. The predicted molar refractivity (Wildman–Crippen MR) is 88.9 cm³/mol. The molecule has 7 nitrogen and oxygen atoms in total. The Hall–Kier alpha value is -1.02. The molecule has 0 amide bonds. The molecule has 0 aromatic rings. The highest BCUT2D eigenvalue weighted by molar-refractivity contribution is 5.69. The molecule has 0 bridgehead atoms. The van der Waals surface area contributed by atoms with Crippen LogP contribution in [0.5, 0.6) is 0 Å². The minimum atomic E-state index is -0.820. The summed E-state index contributed by atoms with van der Waals surface area (Å²) in [6.45, 7) is 6.96. The van der Waals surface area contributed by atoms with Gasteiger partial charge in [0.05, 0.1) is 26.2 Å². The molecule has 0 spiro atoms. The van der Waals surface area contributed by atoms with Crippen LogP contribution in [0.25, 0.3) is 0 Å². The average Bonchev–Trinajstić information content (AvgIpc) is 3.16. The van der Waals surface area contributed by atoms with Gasteiger partial charge in [0.2, 0.25) is 0 Å². The third-order valence-corrected chi connectivity index (χ3v) is 4.58. The summed E-state index contributed by atoms with van der Waals surface area (Å²) in [7, 11) is 0. The Morgan fingerprint density at radius 3 is 2.28 bits per heavy atom. The standard InChI is InChI=1S/C18H30O7/c1-4-5-11-21-16(20)7-9-18(3)23-13-15(25-18)14-12-22-17(2,24-14)8-6-10-19/h10,14-15H,4-9,11-13H2,1-3H3. The van der Waals surface area contributed by atoms with Crippen LogP contribution in [-0.4, -0.2) is 55.9 Å². The van der Waals surface area contributed by atoms with Crippen molar-refractivity contribution in [3.05, 3.63) is 0 Å². The second-order valence-electron chi connectivity index (χ2n) is 6.98. The Balaban J connectivity index is 1.74. The zero-order chi connectivity index (χ0) is 18.3. The number of aldehydes is 1. The van der Waals surface area contributed by atoms with E-state index in [1.807, 2.05) is 20.8 Å². The molecule has 25 heavy (non-hydrogen) atoms. The van der Waals surface area contributed by atoms with Crippen LogP contribution < -0.4 is 0 Å². The Labute approximate surface area is 149 Å². The van der Waals surface area contributed by atoms with Gasteiger partial charge in [-0.3, -0.25) is 4.79 Å². The first kappa shape index (κ1) is 20.3. The highest BCUT2D eigenvalue weighted by Gasteiger charge is 2.47. The van der Waals surface area contributed by atoms with E-state index in [2.05, 4.69) is 0 Å². The number of hydrogen-bond donors (Lipinski definition) is 0. The molecule has 0 N–H and O–H groups in total. The fourth-order valence-corrected chi connectivity index (χ4v) is 2.97. The fraction of sp³-hybridized carbons (Fsp3) is 0.889. The van der Waals surface area contributed by atoms with Crippen molar-refractivity contribution in [1.29, 1.82) is 0 Å². The molecular weight excluding hydrogens is 328 g/mol. The van der Waals surface area contributed by atoms with E-state index in [4.69, 9.17) is 23.7 Å². The quantitative estimate of drug-likeness (QED) is 0.337. The maximum Gasteiger partial charge on any atom is 0.305 e. The highest BCUT2D eigenvalue weighted by atomic mass is 16.8. The summed E-state index contributed by atoms with van der Waals surface area (Å²) in [6, 6.07) is 0. The molecule has 2 heterocycles. The molecule has 0 radical (unpaired) electrons. The van der Waals surface area contributed by atoms with Gasteiger partial charge in [0.1, 0.15) is 18.5 Å². The van der Waals surface area contributed by atoms with E-state index < -0.39 is 11.6 Å². The zero-order valence-electron chi connectivity index (χ0n) is 15.5. The van der Waals surface area contributed by atoms with Crippen molar-refractivity contribution in [3.8, 4) is 0 Å². The summed E-state index contributed by atoms with van der Waals surface area (Å²) in [5, 5.41) is 0. The van der Waals surface area contributed by atoms with Gasteiger partial charge in [-0.2, -0.15) is 0 Å². The molecule has 0 saturated carbocycles. The Kier molecular flexibility index (Phi) is 7.37. The van der Waals surface area contributed by atoms with Crippen molar-refractivity contribution in [3.63, 3.8) is 0 Å². The van der Waals surface area contributed by atoms with Crippen LogP contribution in [0.2, 0.25) is 0 Å². The lowest BCUT2D eigenvalue weighted by atomic mass is 10.1. The van der Waals surface area contributed by atoms with Gasteiger partial charge in [0.15, 0.2) is 11.6 Å². The number of esters is 1. The van der Waals surface area contributed by atoms with Gasteiger partial charge in [-0.05, 0) is 20.3 Å². The van der Waals surface area contributed by atoms with Crippen LogP contribution in [0, 0.1) is 0 Å². The maximum absolute atomic E-state index is 11.7. The molecule has 2 rings (SSSR count). The molecule has 2 aliphatic rings. The van der Waals surface area contributed by atoms with Crippen molar-refractivity contribution >= 4 is 12.3 Å². The number of ether oxygens (including phenoxy) is 5. The summed E-state index contributed by atoms with van der Waals surface area (Å²) in [5.41, 5.74) is 0. The first-order chi connectivity index (χ1) is 11.9. The van der Waals surface area contributed by atoms with Crippen LogP contribution in [0.3, 0.4) is 0 Å². The van der Waals surface area contributed by atoms with Gasteiger partial charge in [0, 0.05) is 19.3 Å². The fourth-order valence-electron chi connectivity index (χ4n) is 2.97. The van der Waals surface area contributed by atoms with Gasteiger partial charge in [-0.25, -0.2) is 0 Å². The van der Waals surface area contributed by atoms with Crippen LogP contribution in [0.1, 0.15) is 59.3 Å². The Morgan fingerprint density at radius 2 is 1.72 bits per heavy atom. The molecule has 4 atom stereocenters. The lowest BCUT2D eigenvalue weighted by molar-refractivity contribution is -0.193. The topological polar surface area (TPSA) is 80.3 Å². The van der Waals surface area contributed by atoms with Gasteiger partial charge in [-0.1, -0.05) is 13.3 Å². The van der Waals surface area contributed by atoms with E-state index in [0.29, 0.717) is 39.1 Å². The molecule has 2 saturated heterocycles. The first-order valence-electron chi connectivity index (χ1n) is 9.12. The number of carbonyl (C=O) groups excluding carboxylic acids is 2. The third kappa shape index (κ3) is 6.02. The van der Waals surface area contributed by atoms with Crippen molar-refractivity contribution in [2.24, 2.45) is 0 Å². The van der Waals surface area contributed by atoms with Crippen LogP contribution in [0.4, 0.5) is 0 Å². The summed E-state index contributed by atoms with van der Waals surface area (Å²) in [4.78, 5) is 22.3. The van der Waals surface area contributed by atoms with E-state index in [1.165, 1.54) is 0 Å². The van der Waals surface area contributed by atoms with Gasteiger partial charge in [-0.15, -0.1) is 0 Å². The molecular formula is C18H30O7. The number of hydrogen-bond acceptors (Lipinski definition) is 7. The van der Waals surface area contributed by atoms with E-state index in [-0.39, 0.29) is 24.6 Å². The minimum absolute atomic E-state index is 0.229. The molecule has 0 aromatic carbocycles. The SMILES string of the molecule is CCCCOC(=O)CCC1(C)OCC(C2COC(C)(CCC=O)O2)O1. The molecule has 2 aliphatic heterocycles. The van der Waals surface area contributed by atoms with E-state index in [9.17, 15) is 9.59 Å². The average molecular weight is 358 g/mol.